The van der Waals surface area contributed by atoms with E-state index in [-0.39, 0.29) is 24.0 Å². The molecule has 26 heavy (non-hydrogen) atoms. The molecular formula is C19H29IN4OS. The van der Waals surface area contributed by atoms with Crippen LogP contribution in [0.25, 0.3) is 0 Å². The van der Waals surface area contributed by atoms with Crippen molar-refractivity contribution in [1.29, 1.82) is 0 Å². The Morgan fingerprint density at radius 2 is 2.12 bits per heavy atom. The van der Waals surface area contributed by atoms with Crippen LogP contribution in [0.15, 0.2) is 34.6 Å². The van der Waals surface area contributed by atoms with Gasteiger partial charge in [-0.25, -0.2) is 9.98 Å². The van der Waals surface area contributed by atoms with Gasteiger partial charge in [-0.2, -0.15) is 0 Å². The average Bonchev–Trinajstić information content (AvgIpc) is 3.03. The van der Waals surface area contributed by atoms with E-state index in [1.54, 1.807) is 11.3 Å². The third-order valence-electron chi connectivity index (χ3n) is 3.48. The number of ether oxygens (including phenoxy) is 1. The first-order valence-electron chi connectivity index (χ1n) is 8.86. The normalized spacial score (nSPS) is 11.0. The van der Waals surface area contributed by atoms with Crippen LogP contribution in [0.3, 0.4) is 0 Å². The van der Waals surface area contributed by atoms with Crippen LogP contribution in [0.1, 0.15) is 36.5 Å². The van der Waals surface area contributed by atoms with E-state index in [1.165, 1.54) is 0 Å². The third-order valence-corrected chi connectivity index (χ3v) is 4.30. The van der Waals surface area contributed by atoms with Crippen LogP contribution < -0.4 is 15.4 Å². The van der Waals surface area contributed by atoms with Crippen molar-refractivity contribution in [3.05, 3.63) is 45.9 Å². The van der Waals surface area contributed by atoms with Gasteiger partial charge in [-0.15, -0.1) is 35.3 Å². The Balaban J connectivity index is 0.00000338. The number of aromatic nitrogens is 1. The molecule has 0 spiro atoms. The molecule has 0 unspecified atom stereocenters. The Morgan fingerprint density at radius 3 is 2.81 bits per heavy atom. The lowest BCUT2D eigenvalue weighted by Crippen LogP contribution is -2.38. The van der Waals surface area contributed by atoms with Gasteiger partial charge in [0.05, 0.1) is 23.9 Å². The van der Waals surface area contributed by atoms with Crippen molar-refractivity contribution in [3.63, 3.8) is 0 Å². The van der Waals surface area contributed by atoms with Crippen LogP contribution >= 0.6 is 35.3 Å². The van der Waals surface area contributed by atoms with Gasteiger partial charge in [0.25, 0.3) is 0 Å². The molecule has 0 aliphatic rings. The van der Waals surface area contributed by atoms with E-state index in [1.807, 2.05) is 19.1 Å². The molecule has 0 fully saturated rings. The van der Waals surface area contributed by atoms with E-state index in [0.717, 1.165) is 60.5 Å². The number of aliphatic imine (C=N–C) groups is 1. The van der Waals surface area contributed by atoms with E-state index in [0.29, 0.717) is 6.54 Å². The molecular weight excluding hydrogens is 459 g/mol. The van der Waals surface area contributed by atoms with Crippen molar-refractivity contribution in [2.24, 2.45) is 4.99 Å². The molecule has 2 rings (SSSR count). The molecule has 0 amide bonds. The summed E-state index contributed by atoms with van der Waals surface area (Å²) >= 11 is 1.69. The number of hydrogen-bond acceptors (Lipinski definition) is 4. The van der Waals surface area contributed by atoms with Gasteiger partial charge in [0.1, 0.15) is 5.75 Å². The number of aryl methyl sites for hydroxylation is 1. The highest BCUT2D eigenvalue weighted by Gasteiger charge is 2.01. The number of thiazole rings is 1. The molecule has 5 nitrogen and oxygen atoms in total. The van der Waals surface area contributed by atoms with Gasteiger partial charge < -0.3 is 15.4 Å². The molecule has 144 valence electrons. The standard InChI is InChI=1S/C19H28N4OS.HI/c1-4-11-24-18-8-6-7-16(12-18)13-22-19(20-5-2)21-10-9-17-14-25-15(3)23-17;/h6-8,12,14H,4-5,9-11,13H2,1-3H3,(H2,20,21,22);1H. The predicted octanol–water partition coefficient (Wildman–Crippen LogP) is 4.16. The van der Waals surface area contributed by atoms with Crippen molar-refractivity contribution in [2.75, 3.05) is 19.7 Å². The molecule has 0 saturated carbocycles. The minimum atomic E-state index is 0. The summed E-state index contributed by atoms with van der Waals surface area (Å²) in [5.41, 5.74) is 2.27. The summed E-state index contributed by atoms with van der Waals surface area (Å²) in [6, 6.07) is 8.13. The van der Waals surface area contributed by atoms with E-state index in [2.05, 4.69) is 52.0 Å². The first-order valence-corrected chi connectivity index (χ1v) is 9.74. The first-order chi connectivity index (χ1) is 12.2. The lowest BCUT2D eigenvalue weighted by molar-refractivity contribution is 0.317. The summed E-state index contributed by atoms with van der Waals surface area (Å²) in [7, 11) is 0. The Bertz CT molecular complexity index is 675. The second-order valence-electron chi connectivity index (χ2n) is 5.73. The van der Waals surface area contributed by atoms with Gasteiger partial charge in [-0.1, -0.05) is 19.1 Å². The highest BCUT2D eigenvalue weighted by molar-refractivity contribution is 14.0. The van der Waals surface area contributed by atoms with Crippen molar-refractivity contribution in [2.45, 2.75) is 40.2 Å². The maximum atomic E-state index is 5.68. The van der Waals surface area contributed by atoms with E-state index >= 15 is 0 Å². The Kier molecular flexibility index (Phi) is 11.3. The number of rotatable bonds is 9. The highest BCUT2D eigenvalue weighted by atomic mass is 127. The lowest BCUT2D eigenvalue weighted by Gasteiger charge is -2.11. The molecule has 0 radical (unpaired) electrons. The molecule has 1 aromatic heterocycles. The molecule has 0 saturated heterocycles. The number of benzene rings is 1. The van der Waals surface area contributed by atoms with Crippen LogP contribution in [0.4, 0.5) is 0 Å². The predicted molar refractivity (Wildman–Crippen MR) is 121 cm³/mol. The number of nitrogens with zero attached hydrogens (tertiary/aromatic N) is 2. The molecule has 2 N–H and O–H groups in total. The minimum absolute atomic E-state index is 0. The molecule has 7 heteroatoms. The van der Waals surface area contributed by atoms with Crippen molar-refractivity contribution in [1.82, 2.24) is 15.6 Å². The number of guanidine groups is 1. The van der Waals surface area contributed by atoms with Crippen LogP contribution in [0.5, 0.6) is 5.75 Å². The lowest BCUT2D eigenvalue weighted by atomic mass is 10.2. The number of halogens is 1. The van der Waals surface area contributed by atoms with Crippen molar-refractivity contribution < 1.29 is 4.74 Å². The SMILES string of the molecule is CCCOc1cccc(CN=C(NCC)NCCc2csc(C)n2)c1.I. The van der Waals surface area contributed by atoms with Crippen LogP contribution in [0, 0.1) is 6.92 Å². The number of hydrogen-bond donors (Lipinski definition) is 2. The van der Waals surface area contributed by atoms with Crippen molar-refractivity contribution >= 4 is 41.3 Å². The summed E-state index contributed by atoms with van der Waals surface area (Å²) < 4.78 is 5.68. The minimum Gasteiger partial charge on any atom is -0.494 e. The van der Waals surface area contributed by atoms with E-state index in [4.69, 9.17) is 4.74 Å². The maximum Gasteiger partial charge on any atom is 0.191 e. The second-order valence-corrected chi connectivity index (χ2v) is 6.79. The first kappa shape index (κ1) is 22.7. The molecule has 2 aromatic rings. The topological polar surface area (TPSA) is 58.5 Å². The van der Waals surface area contributed by atoms with Crippen LogP contribution in [-0.2, 0) is 13.0 Å². The maximum absolute atomic E-state index is 5.68. The van der Waals surface area contributed by atoms with Gasteiger partial charge in [0.15, 0.2) is 5.96 Å². The van der Waals surface area contributed by atoms with Crippen molar-refractivity contribution in [3.8, 4) is 5.75 Å². The largest absolute Gasteiger partial charge is 0.494 e. The monoisotopic (exact) mass is 488 g/mol. The summed E-state index contributed by atoms with van der Waals surface area (Å²) in [5.74, 6) is 1.74. The molecule has 0 aliphatic carbocycles. The summed E-state index contributed by atoms with van der Waals surface area (Å²) in [5, 5.41) is 9.88. The Hall–Kier alpha value is -1.35. The fourth-order valence-corrected chi connectivity index (χ4v) is 2.94. The zero-order valence-corrected chi connectivity index (χ0v) is 18.9. The third kappa shape index (κ3) is 8.35. The fraction of sp³-hybridized carbons (Fsp3) is 0.474. The summed E-state index contributed by atoms with van der Waals surface area (Å²) in [6.07, 6.45) is 1.91. The molecule has 0 aliphatic heterocycles. The summed E-state index contributed by atoms with van der Waals surface area (Å²) in [4.78, 5) is 9.15. The smallest absolute Gasteiger partial charge is 0.191 e. The Labute approximate surface area is 177 Å². The molecule has 0 atom stereocenters. The zero-order valence-electron chi connectivity index (χ0n) is 15.7. The quantitative estimate of drug-likeness (QED) is 0.316. The second kappa shape index (κ2) is 12.9. The van der Waals surface area contributed by atoms with Gasteiger partial charge in [0, 0.05) is 24.9 Å². The molecule has 1 aromatic carbocycles. The highest BCUT2D eigenvalue weighted by Crippen LogP contribution is 2.14. The van der Waals surface area contributed by atoms with Gasteiger partial charge in [-0.05, 0) is 38.0 Å². The summed E-state index contributed by atoms with van der Waals surface area (Å²) in [6.45, 7) is 9.22. The van der Waals surface area contributed by atoms with Crippen LogP contribution in [0.2, 0.25) is 0 Å². The number of nitrogens with one attached hydrogen (secondary N) is 2. The average molecular weight is 488 g/mol. The van der Waals surface area contributed by atoms with Gasteiger partial charge >= 0.3 is 0 Å². The fourth-order valence-electron chi connectivity index (χ4n) is 2.30. The molecule has 1 heterocycles. The Morgan fingerprint density at radius 1 is 1.27 bits per heavy atom. The zero-order chi connectivity index (χ0) is 17.9. The van der Waals surface area contributed by atoms with Gasteiger partial charge in [0.2, 0.25) is 0 Å². The van der Waals surface area contributed by atoms with Gasteiger partial charge in [-0.3, -0.25) is 0 Å². The van der Waals surface area contributed by atoms with E-state index < -0.39 is 0 Å². The van der Waals surface area contributed by atoms with Crippen LogP contribution in [-0.4, -0.2) is 30.6 Å². The molecule has 0 bridgehead atoms. The van der Waals surface area contributed by atoms with E-state index in [9.17, 15) is 0 Å².